The van der Waals surface area contributed by atoms with Gasteiger partial charge in [0.05, 0.1) is 11.3 Å². The minimum Gasteiger partial charge on any atom is -0.466 e. The second-order valence-corrected chi connectivity index (χ2v) is 7.35. The number of fused-ring (bicyclic) bond motifs is 1. The molecular formula is C16H19N3O4S. The monoisotopic (exact) mass is 349 g/mol. The highest BCUT2D eigenvalue weighted by atomic mass is 32.2. The Balaban J connectivity index is 1.91. The molecule has 2 aromatic rings. The van der Waals surface area contributed by atoms with Crippen molar-refractivity contribution in [1.29, 1.82) is 0 Å². The minimum absolute atomic E-state index is 0.290. The van der Waals surface area contributed by atoms with Crippen LogP contribution in [0.5, 0.6) is 0 Å². The molecule has 1 amide bonds. The lowest BCUT2D eigenvalue weighted by atomic mass is 10.1. The van der Waals surface area contributed by atoms with Crippen molar-refractivity contribution >= 4 is 27.5 Å². The third-order valence-electron chi connectivity index (χ3n) is 4.29. The van der Waals surface area contributed by atoms with Crippen molar-refractivity contribution in [2.24, 2.45) is 5.14 Å². The van der Waals surface area contributed by atoms with Gasteiger partial charge in [-0.25, -0.2) is 5.14 Å². The van der Waals surface area contributed by atoms with Crippen LogP contribution in [0.4, 0.5) is 11.4 Å². The summed E-state index contributed by atoms with van der Waals surface area (Å²) in [7, 11) is -3.82. The highest BCUT2D eigenvalue weighted by molar-refractivity contribution is 7.90. The van der Waals surface area contributed by atoms with E-state index in [4.69, 9.17) is 9.56 Å². The highest BCUT2D eigenvalue weighted by Crippen LogP contribution is 2.32. The van der Waals surface area contributed by atoms with Crippen molar-refractivity contribution in [1.82, 2.24) is 0 Å². The van der Waals surface area contributed by atoms with Crippen molar-refractivity contribution in [3.63, 3.8) is 0 Å². The van der Waals surface area contributed by atoms with Gasteiger partial charge in [-0.3, -0.25) is 9.10 Å². The van der Waals surface area contributed by atoms with E-state index in [0.717, 1.165) is 15.4 Å². The first-order valence-electron chi connectivity index (χ1n) is 7.50. The van der Waals surface area contributed by atoms with Crippen molar-refractivity contribution in [2.45, 2.75) is 27.2 Å². The van der Waals surface area contributed by atoms with Gasteiger partial charge >= 0.3 is 0 Å². The first-order chi connectivity index (χ1) is 11.2. The number of rotatable bonds is 3. The predicted octanol–water partition coefficient (Wildman–Crippen LogP) is 2.02. The lowest BCUT2D eigenvalue weighted by Gasteiger charge is -2.16. The van der Waals surface area contributed by atoms with Crippen LogP contribution in [0, 0.1) is 20.8 Å². The fraction of sp³-hybridized carbons (Fsp3) is 0.312. The Labute approximate surface area is 140 Å². The van der Waals surface area contributed by atoms with Gasteiger partial charge in [0.25, 0.3) is 16.1 Å². The van der Waals surface area contributed by atoms with Crippen LogP contribution in [0.2, 0.25) is 0 Å². The fourth-order valence-corrected chi connectivity index (χ4v) is 3.80. The number of carbonyl (C=O) groups excluding carboxylic acids is 1. The maximum atomic E-state index is 12.5. The van der Waals surface area contributed by atoms with E-state index < -0.39 is 10.2 Å². The second kappa shape index (κ2) is 5.64. The molecule has 0 unspecified atom stereocenters. The first-order valence-corrected chi connectivity index (χ1v) is 9.00. The quantitative estimate of drug-likeness (QED) is 0.884. The summed E-state index contributed by atoms with van der Waals surface area (Å²) in [4.78, 5) is 12.5. The van der Waals surface area contributed by atoms with Crippen molar-refractivity contribution < 1.29 is 17.6 Å². The van der Waals surface area contributed by atoms with Crippen LogP contribution in [-0.2, 0) is 16.6 Å². The number of hydrogen-bond donors (Lipinski definition) is 2. The van der Waals surface area contributed by atoms with Crippen LogP contribution >= 0.6 is 0 Å². The third kappa shape index (κ3) is 2.78. The largest absolute Gasteiger partial charge is 0.466 e. The van der Waals surface area contributed by atoms with E-state index in [0.29, 0.717) is 41.4 Å². The molecule has 24 heavy (non-hydrogen) atoms. The molecule has 1 aliphatic heterocycles. The maximum Gasteiger partial charge on any atom is 0.299 e. The number of aryl methyl sites for hydroxylation is 2. The Morgan fingerprint density at radius 2 is 1.96 bits per heavy atom. The summed E-state index contributed by atoms with van der Waals surface area (Å²) in [5, 5.41) is 8.03. The number of amides is 1. The first kappa shape index (κ1) is 16.5. The molecule has 0 atom stereocenters. The van der Waals surface area contributed by atoms with Crippen LogP contribution in [0.25, 0.3) is 0 Å². The van der Waals surface area contributed by atoms with Gasteiger partial charge < -0.3 is 9.73 Å². The number of nitrogens with one attached hydrogen (secondary N) is 1. The highest BCUT2D eigenvalue weighted by Gasteiger charge is 2.27. The molecule has 0 saturated carbocycles. The normalized spacial score (nSPS) is 13.9. The second-order valence-electron chi connectivity index (χ2n) is 5.88. The zero-order chi connectivity index (χ0) is 17.6. The van der Waals surface area contributed by atoms with Crippen molar-refractivity contribution in [2.75, 3.05) is 16.2 Å². The molecule has 128 valence electrons. The molecule has 3 N–H and O–H groups in total. The van der Waals surface area contributed by atoms with Crippen LogP contribution in [0.15, 0.2) is 22.6 Å². The Hall–Kier alpha value is -2.32. The van der Waals surface area contributed by atoms with Gasteiger partial charge in [0, 0.05) is 17.8 Å². The molecule has 0 aliphatic carbocycles. The van der Waals surface area contributed by atoms with E-state index >= 15 is 0 Å². The average molecular weight is 349 g/mol. The summed E-state index contributed by atoms with van der Waals surface area (Å²) in [6, 6.07) is 5.18. The van der Waals surface area contributed by atoms with Gasteiger partial charge in [-0.2, -0.15) is 8.42 Å². The molecular weight excluding hydrogens is 330 g/mol. The number of hydrogen-bond acceptors (Lipinski definition) is 4. The molecule has 2 heterocycles. The number of carbonyl (C=O) groups is 1. The summed E-state index contributed by atoms with van der Waals surface area (Å²) in [5.74, 6) is 0.962. The van der Waals surface area contributed by atoms with Gasteiger partial charge in [-0.05, 0) is 44.9 Å². The Kier molecular flexibility index (Phi) is 3.89. The summed E-state index contributed by atoms with van der Waals surface area (Å²) in [6.07, 6.45) is 0.596. The van der Waals surface area contributed by atoms with Crippen LogP contribution in [0.1, 0.15) is 33.0 Å². The minimum atomic E-state index is -3.82. The van der Waals surface area contributed by atoms with Gasteiger partial charge in [0.15, 0.2) is 0 Å². The van der Waals surface area contributed by atoms with E-state index in [1.807, 2.05) is 6.92 Å². The van der Waals surface area contributed by atoms with E-state index in [9.17, 15) is 13.2 Å². The van der Waals surface area contributed by atoms with E-state index in [1.54, 1.807) is 32.0 Å². The molecule has 7 nitrogen and oxygen atoms in total. The molecule has 0 bridgehead atoms. The summed E-state index contributed by atoms with van der Waals surface area (Å²) < 4.78 is 29.9. The molecule has 8 heteroatoms. The summed E-state index contributed by atoms with van der Waals surface area (Å²) in [5.41, 5.74) is 3.18. The number of nitrogens with two attached hydrogens (primary N) is 1. The predicted molar refractivity (Wildman–Crippen MR) is 91.5 cm³/mol. The van der Waals surface area contributed by atoms with E-state index in [-0.39, 0.29) is 5.91 Å². The molecule has 0 fully saturated rings. The Bertz CT molecular complexity index is 931. The Morgan fingerprint density at radius 3 is 2.54 bits per heavy atom. The van der Waals surface area contributed by atoms with Crippen molar-refractivity contribution in [3.8, 4) is 0 Å². The zero-order valence-electron chi connectivity index (χ0n) is 13.7. The summed E-state index contributed by atoms with van der Waals surface area (Å²) in [6.45, 7) is 5.68. The summed E-state index contributed by atoms with van der Waals surface area (Å²) >= 11 is 0. The molecule has 3 rings (SSSR count). The van der Waals surface area contributed by atoms with Crippen LogP contribution in [-0.4, -0.2) is 20.9 Å². The van der Waals surface area contributed by atoms with Crippen LogP contribution in [0.3, 0.4) is 0 Å². The van der Waals surface area contributed by atoms with Crippen LogP contribution < -0.4 is 14.8 Å². The number of nitrogens with zero attached hydrogens (tertiary/aromatic N) is 1. The number of furan rings is 1. The smallest absolute Gasteiger partial charge is 0.299 e. The zero-order valence-corrected chi connectivity index (χ0v) is 14.5. The molecule has 1 aliphatic rings. The molecule has 1 aromatic heterocycles. The van der Waals surface area contributed by atoms with E-state index in [2.05, 4.69) is 5.32 Å². The van der Waals surface area contributed by atoms with Crippen molar-refractivity contribution in [3.05, 3.63) is 46.4 Å². The standard InChI is InChI=1S/C16H19N3O4S/c1-9-10(2)23-11(3)15(9)16(20)18-13-5-4-12-6-7-19(14(12)8-13)24(17,21)22/h4-5,8H,6-7H2,1-3H3,(H,18,20)(H2,17,21,22). The fourth-order valence-electron chi connectivity index (χ4n) is 3.01. The lowest BCUT2D eigenvalue weighted by Crippen LogP contribution is -2.35. The molecule has 1 aromatic carbocycles. The lowest BCUT2D eigenvalue weighted by molar-refractivity contribution is 0.102. The van der Waals surface area contributed by atoms with Gasteiger partial charge in [-0.15, -0.1) is 0 Å². The SMILES string of the molecule is Cc1oc(C)c(C(=O)Nc2ccc3c(c2)N(S(N)(=O)=O)CC3)c1C. The topological polar surface area (TPSA) is 106 Å². The maximum absolute atomic E-state index is 12.5. The van der Waals surface area contributed by atoms with Gasteiger partial charge in [-0.1, -0.05) is 6.07 Å². The third-order valence-corrected chi connectivity index (χ3v) is 5.29. The molecule has 0 spiro atoms. The number of anilines is 2. The van der Waals surface area contributed by atoms with Gasteiger partial charge in [0.1, 0.15) is 11.5 Å². The molecule has 0 radical (unpaired) electrons. The van der Waals surface area contributed by atoms with Gasteiger partial charge in [0.2, 0.25) is 0 Å². The average Bonchev–Trinajstić information content (AvgIpc) is 2.99. The van der Waals surface area contributed by atoms with E-state index in [1.165, 1.54) is 0 Å². The number of benzene rings is 1. The Morgan fingerprint density at radius 1 is 1.25 bits per heavy atom. The molecule has 0 saturated heterocycles.